The van der Waals surface area contributed by atoms with Crippen LogP contribution in [0.15, 0.2) is 54.6 Å². The van der Waals surface area contributed by atoms with E-state index >= 15 is 0 Å². The Morgan fingerprint density at radius 1 is 1.00 bits per heavy atom. The highest BCUT2D eigenvalue weighted by molar-refractivity contribution is 6.30. The van der Waals surface area contributed by atoms with Gasteiger partial charge in [-0.2, -0.15) is 0 Å². The minimum Gasteiger partial charge on any atom is -0.360 e. The van der Waals surface area contributed by atoms with Crippen LogP contribution in [0.5, 0.6) is 0 Å². The maximum absolute atomic E-state index is 6.19. The number of hydrogen-bond acceptors (Lipinski definition) is 4. The van der Waals surface area contributed by atoms with Gasteiger partial charge in [0.15, 0.2) is 6.04 Å². The molecule has 7 heteroatoms. The van der Waals surface area contributed by atoms with Crippen LogP contribution >= 0.6 is 11.6 Å². The van der Waals surface area contributed by atoms with Gasteiger partial charge in [-0.3, -0.25) is 0 Å². The van der Waals surface area contributed by atoms with E-state index in [-0.39, 0.29) is 11.6 Å². The molecule has 0 saturated carbocycles. The number of halogens is 1. The predicted octanol–water partition coefficient (Wildman–Crippen LogP) is 2.58. The summed E-state index contributed by atoms with van der Waals surface area (Å²) in [6.07, 6.45) is 0. The van der Waals surface area contributed by atoms with Crippen LogP contribution in [0.4, 0.5) is 5.69 Å². The van der Waals surface area contributed by atoms with E-state index in [1.165, 1.54) is 16.2 Å². The lowest BCUT2D eigenvalue weighted by Crippen LogP contribution is -3.15. The molecule has 0 spiro atoms. The van der Waals surface area contributed by atoms with Gasteiger partial charge in [-0.1, -0.05) is 48.0 Å². The third kappa shape index (κ3) is 4.28. The molecule has 4 rings (SSSR count). The quantitative estimate of drug-likeness (QED) is 0.717. The number of piperazine rings is 1. The lowest BCUT2D eigenvalue weighted by molar-refractivity contribution is -0.927. The summed E-state index contributed by atoms with van der Waals surface area (Å²) in [5.41, 5.74) is 2.26. The third-order valence-corrected chi connectivity index (χ3v) is 5.74. The Bertz CT molecular complexity index is 941. The van der Waals surface area contributed by atoms with Crippen LogP contribution in [0.1, 0.15) is 38.2 Å². The van der Waals surface area contributed by atoms with Crippen molar-refractivity contribution in [2.75, 3.05) is 31.1 Å². The molecule has 1 atom stereocenters. The molecule has 0 amide bonds. The lowest BCUT2D eigenvalue weighted by atomic mass is 10.0. The molecule has 1 N–H and O–H groups in total. The average molecular weight is 412 g/mol. The van der Waals surface area contributed by atoms with Crippen molar-refractivity contribution in [1.82, 2.24) is 20.2 Å². The van der Waals surface area contributed by atoms with E-state index in [1.807, 2.05) is 22.9 Å². The van der Waals surface area contributed by atoms with Crippen LogP contribution in [0.2, 0.25) is 5.02 Å². The number of aromatic nitrogens is 4. The summed E-state index contributed by atoms with van der Waals surface area (Å²) < 4.78 is 1.97. The standard InChI is InChI=1S/C22H27ClN6/c1-22(2,3)29-21(24-25-26-29)20(17-8-5-4-6-9-17)28-14-12-27(13-15-28)19-11-7-10-18(23)16-19/h4-11,16,20H,12-15H2,1-3H3/p+1/t20-/m1/s1. The van der Waals surface area contributed by atoms with Crippen molar-refractivity contribution >= 4 is 17.3 Å². The van der Waals surface area contributed by atoms with Crippen LogP contribution in [-0.4, -0.2) is 46.4 Å². The van der Waals surface area contributed by atoms with E-state index in [1.54, 1.807) is 0 Å². The van der Waals surface area contributed by atoms with Gasteiger partial charge in [0.1, 0.15) is 0 Å². The molecule has 1 aliphatic rings. The van der Waals surface area contributed by atoms with Crippen LogP contribution in [-0.2, 0) is 5.54 Å². The van der Waals surface area contributed by atoms with Crippen molar-refractivity contribution in [2.45, 2.75) is 32.4 Å². The fourth-order valence-electron chi connectivity index (χ4n) is 4.08. The zero-order valence-corrected chi connectivity index (χ0v) is 18.0. The minimum absolute atomic E-state index is 0.104. The van der Waals surface area contributed by atoms with Gasteiger partial charge in [0.05, 0.1) is 31.7 Å². The van der Waals surface area contributed by atoms with Crippen molar-refractivity contribution < 1.29 is 4.90 Å². The van der Waals surface area contributed by atoms with Crippen molar-refractivity contribution in [2.24, 2.45) is 0 Å². The van der Waals surface area contributed by atoms with Gasteiger partial charge in [-0.15, -0.1) is 5.10 Å². The molecule has 1 aromatic heterocycles. The number of anilines is 1. The molecule has 6 nitrogen and oxygen atoms in total. The maximum Gasteiger partial charge on any atom is 0.214 e. The third-order valence-electron chi connectivity index (χ3n) is 5.51. The minimum atomic E-state index is -0.173. The number of nitrogens with one attached hydrogen (secondary N) is 1. The van der Waals surface area contributed by atoms with Crippen LogP contribution < -0.4 is 9.80 Å². The molecule has 0 aliphatic carbocycles. The first-order chi connectivity index (χ1) is 13.9. The monoisotopic (exact) mass is 411 g/mol. The fraction of sp³-hybridized carbons (Fsp3) is 0.409. The largest absolute Gasteiger partial charge is 0.360 e. The summed E-state index contributed by atoms with van der Waals surface area (Å²) in [6.45, 7) is 10.4. The smallest absolute Gasteiger partial charge is 0.214 e. The highest BCUT2D eigenvalue weighted by Crippen LogP contribution is 2.23. The van der Waals surface area contributed by atoms with E-state index in [2.05, 4.69) is 77.6 Å². The summed E-state index contributed by atoms with van der Waals surface area (Å²) in [7, 11) is 0. The molecule has 1 aliphatic heterocycles. The Balaban J connectivity index is 1.62. The first-order valence-corrected chi connectivity index (χ1v) is 10.5. The Morgan fingerprint density at radius 2 is 1.72 bits per heavy atom. The Labute approximate surface area is 177 Å². The van der Waals surface area contributed by atoms with Crippen molar-refractivity contribution in [3.05, 3.63) is 71.0 Å². The first kappa shape index (κ1) is 19.9. The van der Waals surface area contributed by atoms with Crippen molar-refractivity contribution in [3.8, 4) is 0 Å². The van der Waals surface area contributed by atoms with Gasteiger partial charge < -0.3 is 9.80 Å². The Kier molecular flexibility index (Phi) is 5.56. The number of tetrazole rings is 1. The second-order valence-corrected chi connectivity index (χ2v) is 9.03. The predicted molar refractivity (Wildman–Crippen MR) is 115 cm³/mol. The average Bonchev–Trinajstić information content (AvgIpc) is 3.20. The summed E-state index contributed by atoms with van der Waals surface area (Å²) >= 11 is 6.19. The molecule has 29 heavy (non-hydrogen) atoms. The SMILES string of the molecule is CC(C)(C)n1nnnc1[C@@H](c1ccccc1)[NH+]1CCN(c2cccc(Cl)c2)CC1. The second-order valence-electron chi connectivity index (χ2n) is 8.59. The number of hydrogen-bond donors (Lipinski definition) is 1. The summed E-state index contributed by atoms with van der Waals surface area (Å²) in [5.74, 6) is 0.926. The summed E-state index contributed by atoms with van der Waals surface area (Å²) in [6, 6.07) is 18.8. The Morgan fingerprint density at radius 3 is 2.38 bits per heavy atom. The van der Waals surface area contributed by atoms with E-state index in [9.17, 15) is 0 Å². The molecule has 2 aromatic carbocycles. The van der Waals surface area contributed by atoms with Crippen molar-refractivity contribution in [1.29, 1.82) is 0 Å². The van der Waals surface area contributed by atoms with Crippen LogP contribution in [0.25, 0.3) is 0 Å². The van der Waals surface area contributed by atoms with E-state index in [4.69, 9.17) is 11.6 Å². The molecular formula is C22H28ClN6+. The van der Waals surface area contributed by atoms with E-state index in [0.29, 0.717) is 0 Å². The Hall–Kier alpha value is -2.44. The lowest BCUT2D eigenvalue weighted by Gasteiger charge is -2.37. The zero-order valence-electron chi connectivity index (χ0n) is 17.2. The van der Waals surface area contributed by atoms with Crippen LogP contribution in [0, 0.1) is 0 Å². The topological polar surface area (TPSA) is 51.3 Å². The highest BCUT2D eigenvalue weighted by atomic mass is 35.5. The van der Waals surface area contributed by atoms with Crippen molar-refractivity contribution in [3.63, 3.8) is 0 Å². The number of nitrogens with zero attached hydrogens (tertiary/aromatic N) is 5. The molecule has 2 heterocycles. The van der Waals surface area contributed by atoms with E-state index in [0.717, 1.165) is 37.0 Å². The normalized spacial score (nSPS) is 16.8. The molecule has 1 saturated heterocycles. The molecule has 3 aromatic rings. The van der Waals surface area contributed by atoms with Gasteiger partial charge in [0, 0.05) is 16.3 Å². The number of quaternary nitrogens is 1. The number of benzene rings is 2. The molecule has 0 radical (unpaired) electrons. The fourth-order valence-corrected chi connectivity index (χ4v) is 4.26. The second kappa shape index (κ2) is 8.13. The molecule has 152 valence electrons. The van der Waals surface area contributed by atoms with Gasteiger partial charge in [-0.25, -0.2) is 4.68 Å². The zero-order chi connectivity index (χ0) is 20.4. The number of rotatable bonds is 4. The van der Waals surface area contributed by atoms with Crippen LogP contribution in [0.3, 0.4) is 0 Å². The summed E-state index contributed by atoms with van der Waals surface area (Å²) in [4.78, 5) is 3.89. The highest BCUT2D eigenvalue weighted by Gasteiger charge is 2.36. The molecule has 0 unspecified atom stereocenters. The molecule has 0 bridgehead atoms. The summed E-state index contributed by atoms with van der Waals surface area (Å²) in [5, 5.41) is 13.6. The molecular weight excluding hydrogens is 384 g/mol. The van der Waals surface area contributed by atoms with Gasteiger partial charge in [-0.05, 0) is 49.4 Å². The maximum atomic E-state index is 6.19. The van der Waals surface area contributed by atoms with Gasteiger partial charge in [0.2, 0.25) is 5.82 Å². The van der Waals surface area contributed by atoms with E-state index < -0.39 is 0 Å². The van der Waals surface area contributed by atoms with Gasteiger partial charge in [0.25, 0.3) is 0 Å². The van der Waals surface area contributed by atoms with Gasteiger partial charge >= 0.3 is 0 Å². The first-order valence-electron chi connectivity index (χ1n) is 10.1. The molecule has 1 fully saturated rings.